The molecule has 1 aromatic rings. The van der Waals surface area contributed by atoms with E-state index in [1.54, 1.807) is 0 Å². The molecular formula is C14H22OS. The lowest BCUT2D eigenvalue weighted by Gasteiger charge is -2.45. The van der Waals surface area contributed by atoms with E-state index in [0.29, 0.717) is 0 Å². The van der Waals surface area contributed by atoms with Crippen molar-refractivity contribution in [1.29, 1.82) is 0 Å². The number of thiophene rings is 1. The van der Waals surface area contributed by atoms with Crippen LogP contribution in [0.4, 0.5) is 0 Å². The van der Waals surface area contributed by atoms with Gasteiger partial charge in [0.15, 0.2) is 0 Å². The largest absolute Gasteiger partial charge is 0.389 e. The van der Waals surface area contributed by atoms with Gasteiger partial charge < -0.3 is 5.11 Å². The molecule has 16 heavy (non-hydrogen) atoms. The summed E-state index contributed by atoms with van der Waals surface area (Å²) in [6, 6.07) is 4.38. The SMILES string of the molecule is CCc1ccc(CC2(O)CC(C(C)C)C2)s1. The maximum Gasteiger partial charge on any atom is 0.0701 e. The van der Waals surface area contributed by atoms with Crippen molar-refractivity contribution in [3.63, 3.8) is 0 Å². The van der Waals surface area contributed by atoms with Gasteiger partial charge in [-0.3, -0.25) is 0 Å². The molecule has 1 fully saturated rings. The smallest absolute Gasteiger partial charge is 0.0701 e. The Kier molecular flexibility index (Phi) is 3.41. The summed E-state index contributed by atoms with van der Waals surface area (Å²) >= 11 is 1.86. The van der Waals surface area contributed by atoms with Gasteiger partial charge in [0, 0.05) is 16.2 Å². The van der Waals surface area contributed by atoms with Crippen LogP contribution in [0.5, 0.6) is 0 Å². The van der Waals surface area contributed by atoms with Crippen LogP contribution in [0.25, 0.3) is 0 Å². The molecule has 1 nitrogen and oxygen atoms in total. The first kappa shape index (κ1) is 12.1. The van der Waals surface area contributed by atoms with Crippen LogP contribution < -0.4 is 0 Å². The highest BCUT2D eigenvalue weighted by atomic mass is 32.1. The second-order valence-electron chi connectivity index (χ2n) is 5.54. The van der Waals surface area contributed by atoms with Gasteiger partial charge in [0.2, 0.25) is 0 Å². The lowest BCUT2D eigenvalue weighted by Crippen LogP contribution is -2.47. The summed E-state index contributed by atoms with van der Waals surface area (Å²) < 4.78 is 0. The molecule has 2 heteroatoms. The molecule has 2 rings (SSSR count). The zero-order valence-corrected chi connectivity index (χ0v) is 11.3. The van der Waals surface area contributed by atoms with Crippen molar-refractivity contribution in [3.05, 3.63) is 21.9 Å². The molecule has 0 spiro atoms. The maximum atomic E-state index is 10.4. The van der Waals surface area contributed by atoms with Gasteiger partial charge >= 0.3 is 0 Å². The summed E-state index contributed by atoms with van der Waals surface area (Å²) in [4.78, 5) is 2.78. The van der Waals surface area contributed by atoms with Crippen molar-refractivity contribution in [1.82, 2.24) is 0 Å². The van der Waals surface area contributed by atoms with Crippen LogP contribution in [0, 0.1) is 11.8 Å². The van der Waals surface area contributed by atoms with Crippen molar-refractivity contribution in [2.75, 3.05) is 0 Å². The molecule has 1 aliphatic rings. The first-order chi connectivity index (χ1) is 7.52. The molecule has 0 aliphatic heterocycles. The van der Waals surface area contributed by atoms with Gasteiger partial charge in [0.25, 0.3) is 0 Å². The highest BCUT2D eigenvalue weighted by Crippen LogP contribution is 2.44. The Labute approximate surface area is 103 Å². The van der Waals surface area contributed by atoms with Gasteiger partial charge in [-0.2, -0.15) is 0 Å². The molecule has 1 aromatic heterocycles. The average Bonchev–Trinajstić information content (AvgIpc) is 2.61. The minimum atomic E-state index is -0.398. The lowest BCUT2D eigenvalue weighted by atomic mass is 9.65. The van der Waals surface area contributed by atoms with Gasteiger partial charge in [-0.1, -0.05) is 20.8 Å². The fraction of sp³-hybridized carbons (Fsp3) is 0.714. The Morgan fingerprint density at radius 1 is 1.38 bits per heavy atom. The summed E-state index contributed by atoms with van der Waals surface area (Å²) in [5.74, 6) is 1.45. The Bertz CT molecular complexity index is 347. The predicted molar refractivity (Wildman–Crippen MR) is 69.9 cm³/mol. The predicted octanol–water partition coefficient (Wildman–Crippen LogP) is 3.65. The third-order valence-electron chi connectivity index (χ3n) is 3.80. The van der Waals surface area contributed by atoms with Crippen LogP contribution in [0.15, 0.2) is 12.1 Å². The second-order valence-corrected chi connectivity index (χ2v) is 6.79. The molecule has 0 bridgehead atoms. The third-order valence-corrected chi connectivity index (χ3v) is 5.03. The summed E-state index contributed by atoms with van der Waals surface area (Å²) in [6.45, 7) is 6.69. The number of hydrogen-bond donors (Lipinski definition) is 1. The van der Waals surface area contributed by atoms with Gasteiger partial charge in [-0.05, 0) is 43.2 Å². The topological polar surface area (TPSA) is 20.2 Å². The van der Waals surface area contributed by atoms with E-state index >= 15 is 0 Å². The fourth-order valence-electron chi connectivity index (χ4n) is 2.56. The van der Waals surface area contributed by atoms with Gasteiger partial charge in [-0.25, -0.2) is 0 Å². The van der Waals surface area contributed by atoms with Crippen LogP contribution in [-0.2, 0) is 12.8 Å². The number of aryl methyl sites for hydroxylation is 1. The van der Waals surface area contributed by atoms with E-state index in [-0.39, 0.29) is 0 Å². The summed E-state index contributed by atoms with van der Waals surface area (Å²) in [6.07, 6.45) is 3.95. The minimum Gasteiger partial charge on any atom is -0.389 e. The molecule has 0 saturated heterocycles. The first-order valence-corrected chi connectivity index (χ1v) is 7.14. The summed E-state index contributed by atoms with van der Waals surface area (Å²) in [5, 5.41) is 10.4. The van der Waals surface area contributed by atoms with Gasteiger partial charge in [0.05, 0.1) is 5.60 Å². The monoisotopic (exact) mass is 238 g/mol. The van der Waals surface area contributed by atoms with Crippen LogP contribution in [0.2, 0.25) is 0 Å². The van der Waals surface area contributed by atoms with E-state index in [4.69, 9.17) is 0 Å². The van der Waals surface area contributed by atoms with E-state index in [1.807, 2.05) is 11.3 Å². The Hall–Kier alpha value is -0.340. The summed E-state index contributed by atoms with van der Waals surface area (Å²) in [7, 11) is 0. The van der Waals surface area contributed by atoms with E-state index in [9.17, 15) is 5.11 Å². The standard InChI is InChI=1S/C14H22OS/c1-4-12-5-6-13(16-12)9-14(15)7-11(8-14)10(2)3/h5-6,10-11,15H,4,7-9H2,1-3H3. The van der Waals surface area contributed by atoms with Crippen molar-refractivity contribution < 1.29 is 5.11 Å². The van der Waals surface area contributed by atoms with Crippen LogP contribution in [0.3, 0.4) is 0 Å². The van der Waals surface area contributed by atoms with Crippen LogP contribution >= 0.6 is 11.3 Å². The molecule has 1 N–H and O–H groups in total. The third kappa shape index (κ3) is 2.49. The Morgan fingerprint density at radius 2 is 2.00 bits per heavy atom. The fourth-order valence-corrected chi connectivity index (χ4v) is 3.66. The number of aliphatic hydroxyl groups is 1. The van der Waals surface area contributed by atoms with E-state index in [1.165, 1.54) is 9.75 Å². The highest BCUT2D eigenvalue weighted by molar-refractivity contribution is 7.12. The van der Waals surface area contributed by atoms with Crippen molar-refractivity contribution >= 4 is 11.3 Å². The number of rotatable bonds is 4. The molecule has 1 saturated carbocycles. The van der Waals surface area contributed by atoms with E-state index in [2.05, 4.69) is 32.9 Å². The first-order valence-electron chi connectivity index (χ1n) is 6.32. The van der Waals surface area contributed by atoms with Crippen LogP contribution in [-0.4, -0.2) is 10.7 Å². The minimum absolute atomic E-state index is 0.398. The normalized spacial score (nSPS) is 29.4. The van der Waals surface area contributed by atoms with Crippen LogP contribution in [0.1, 0.15) is 43.4 Å². The Balaban J connectivity index is 1.91. The summed E-state index contributed by atoms with van der Waals surface area (Å²) in [5.41, 5.74) is -0.398. The van der Waals surface area contributed by atoms with Crippen molar-refractivity contribution in [2.24, 2.45) is 11.8 Å². The second kappa shape index (κ2) is 4.50. The Morgan fingerprint density at radius 3 is 2.50 bits per heavy atom. The average molecular weight is 238 g/mol. The number of hydrogen-bond acceptors (Lipinski definition) is 2. The maximum absolute atomic E-state index is 10.4. The van der Waals surface area contributed by atoms with Crippen molar-refractivity contribution in [3.8, 4) is 0 Å². The molecular weight excluding hydrogens is 216 g/mol. The lowest BCUT2D eigenvalue weighted by molar-refractivity contribution is -0.0854. The zero-order chi connectivity index (χ0) is 11.8. The van der Waals surface area contributed by atoms with Gasteiger partial charge in [0.1, 0.15) is 0 Å². The molecule has 0 atom stereocenters. The molecule has 1 aliphatic carbocycles. The molecule has 1 heterocycles. The molecule has 0 amide bonds. The highest BCUT2D eigenvalue weighted by Gasteiger charge is 2.43. The van der Waals surface area contributed by atoms with Gasteiger partial charge in [-0.15, -0.1) is 11.3 Å². The van der Waals surface area contributed by atoms with E-state index < -0.39 is 5.60 Å². The molecule has 0 radical (unpaired) electrons. The van der Waals surface area contributed by atoms with E-state index in [0.717, 1.165) is 37.5 Å². The van der Waals surface area contributed by atoms with Crippen molar-refractivity contribution in [2.45, 2.75) is 52.1 Å². The quantitative estimate of drug-likeness (QED) is 0.849. The molecule has 0 aromatic carbocycles. The zero-order valence-electron chi connectivity index (χ0n) is 10.5. The molecule has 90 valence electrons. The molecule has 0 unspecified atom stereocenters.